The molecule has 0 N–H and O–H groups in total. The van der Waals surface area contributed by atoms with E-state index in [9.17, 15) is 0 Å². The number of rotatable bonds is 2. The first-order valence-corrected chi connectivity index (χ1v) is 9.94. The molecule has 2 nitrogen and oxygen atoms in total. The number of para-hydroxylation sites is 2. The quantitative estimate of drug-likeness (QED) is 0.293. The molecule has 0 radical (unpaired) electrons. The Morgan fingerprint density at radius 2 is 1.38 bits per heavy atom. The van der Waals surface area contributed by atoms with Gasteiger partial charge in [0.25, 0.3) is 0 Å². The van der Waals surface area contributed by atoms with Gasteiger partial charge in [0.15, 0.2) is 0 Å². The monoisotopic (exact) mass is 393 g/mol. The van der Waals surface area contributed by atoms with E-state index in [1.165, 1.54) is 5.39 Å². The zero-order chi connectivity index (χ0) is 19.4. The summed E-state index contributed by atoms with van der Waals surface area (Å²) in [6.07, 6.45) is 0. The van der Waals surface area contributed by atoms with Gasteiger partial charge in [0.1, 0.15) is 5.58 Å². The number of fused-ring (bicyclic) bond motifs is 5. The van der Waals surface area contributed by atoms with E-state index >= 15 is 0 Å². The smallest absolute Gasteiger partial charge is 0.213 e. The summed E-state index contributed by atoms with van der Waals surface area (Å²) in [4.78, 5) is 0. The Kier molecular flexibility index (Phi) is 3.56. The summed E-state index contributed by atoms with van der Waals surface area (Å²) >= 11 is 6.08. The molecule has 0 aliphatic heterocycles. The topological polar surface area (TPSA) is 18.1 Å². The second kappa shape index (κ2) is 6.26. The van der Waals surface area contributed by atoms with Crippen LogP contribution in [0.1, 0.15) is 0 Å². The SMILES string of the molecule is Clc1ccc(-c2ccc3c4c5ccccc5oc4n(-c4ccccc4)c3c2)cc1. The molecule has 6 rings (SSSR count). The minimum atomic E-state index is 0.742. The van der Waals surface area contributed by atoms with Crippen molar-refractivity contribution in [3.05, 3.63) is 102 Å². The molecule has 0 spiro atoms. The Hall–Kier alpha value is -3.49. The van der Waals surface area contributed by atoms with E-state index in [-0.39, 0.29) is 0 Å². The van der Waals surface area contributed by atoms with Crippen molar-refractivity contribution in [3.8, 4) is 16.8 Å². The fourth-order valence-electron chi connectivity index (χ4n) is 4.14. The van der Waals surface area contributed by atoms with E-state index < -0.39 is 0 Å². The molecule has 0 aliphatic carbocycles. The second-order valence-electron chi connectivity index (χ2n) is 7.19. The number of furan rings is 1. The van der Waals surface area contributed by atoms with Gasteiger partial charge in [0.2, 0.25) is 5.71 Å². The van der Waals surface area contributed by atoms with E-state index in [1.54, 1.807) is 0 Å². The lowest BCUT2D eigenvalue weighted by Crippen LogP contribution is -1.92. The molecule has 0 fully saturated rings. The van der Waals surface area contributed by atoms with Crippen LogP contribution >= 0.6 is 11.6 Å². The van der Waals surface area contributed by atoms with Crippen molar-refractivity contribution in [2.45, 2.75) is 0 Å². The van der Waals surface area contributed by atoms with Gasteiger partial charge >= 0.3 is 0 Å². The number of aromatic nitrogens is 1. The maximum atomic E-state index is 6.33. The third kappa shape index (κ3) is 2.50. The molecule has 0 saturated heterocycles. The van der Waals surface area contributed by atoms with Gasteiger partial charge < -0.3 is 4.42 Å². The molecule has 0 aliphatic rings. The van der Waals surface area contributed by atoms with E-state index in [1.807, 2.05) is 30.3 Å². The van der Waals surface area contributed by atoms with Crippen LogP contribution in [0, 0.1) is 0 Å². The number of benzene rings is 4. The van der Waals surface area contributed by atoms with Gasteiger partial charge in [-0.3, -0.25) is 4.57 Å². The summed E-state index contributed by atoms with van der Waals surface area (Å²) in [5.74, 6) is 0. The lowest BCUT2D eigenvalue weighted by Gasteiger charge is -2.08. The van der Waals surface area contributed by atoms with Crippen molar-refractivity contribution >= 4 is 44.6 Å². The summed E-state index contributed by atoms with van der Waals surface area (Å²) in [5, 5.41) is 4.22. The lowest BCUT2D eigenvalue weighted by atomic mass is 10.0. The van der Waals surface area contributed by atoms with Gasteiger partial charge in [-0.05, 0) is 47.5 Å². The molecule has 0 amide bonds. The Morgan fingerprint density at radius 3 is 2.21 bits per heavy atom. The van der Waals surface area contributed by atoms with Crippen LogP contribution in [0.25, 0.3) is 49.8 Å². The maximum Gasteiger partial charge on any atom is 0.213 e. The fraction of sp³-hybridized carbons (Fsp3) is 0. The number of hydrogen-bond acceptors (Lipinski definition) is 1. The number of hydrogen-bond donors (Lipinski definition) is 0. The van der Waals surface area contributed by atoms with E-state index in [4.69, 9.17) is 16.0 Å². The lowest BCUT2D eigenvalue weighted by molar-refractivity contribution is 0.645. The highest BCUT2D eigenvalue weighted by Crippen LogP contribution is 2.40. The van der Waals surface area contributed by atoms with Gasteiger partial charge in [-0.2, -0.15) is 0 Å². The summed E-state index contributed by atoms with van der Waals surface area (Å²) in [6.45, 7) is 0. The Morgan fingerprint density at radius 1 is 0.655 bits per heavy atom. The van der Waals surface area contributed by atoms with E-state index in [2.05, 4.69) is 71.3 Å². The highest BCUT2D eigenvalue weighted by Gasteiger charge is 2.19. The average Bonchev–Trinajstić information content (AvgIpc) is 3.28. The first kappa shape index (κ1) is 16.5. The van der Waals surface area contributed by atoms with Gasteiger partial charge in [-0.15, -0.1) is 0 Å². The van der Waals surface area contributed by atoms with Crippen molar-refractivity contribution in [3.63, 3.8) is 0 Å². The number of halogens is 1. The number of nitrogens with zero attached hydrogens (tertiary/aromatic N) is 1. The second-order valence-corrected chi connectivity index (χ2v) is 7.62. The summed E-state index contributed by atoms with van der Waals surface area (Å²) in [6, 6.07) is 33.2. The average molecular weight is 394 g/mol. The molecule has 0 atom stereocenters. The molecule has 4 aromatic carbocycles. The summed E-state index contributed by atoms with van der Waals surface area (Å²) in [5.41, 5.74) is 6.28. The molecule has 2 aromatic heterocycles. The van der Waals surface area contributed by atoms with Gasteiger partial charge in [-0.1, -0.05) is 72.3 Å². The van der Waals surface area contributed by atoms with Crippen LogP contribution < -0.4 is 0 Å². The molecule has 2 heterocycles. The third-order valence-corrected chi connectivity index (χ3v) is 5.73. The van der Waals surface area contributed by atoms with Crippen LogP contribution in [-0.2, 0) is 0 Å². The van der Waals surface area contributed by atoms with Gasteiger partial charge in [0, 0.05) is 21.5 Å². The van der Waals surface area contributed by atoms with Crippen LogP contribution in [0.4, 0.5) is 0 Å². The normalized spacial score (nSPS) is 11.6. The highest BCUT2D eigenvalue weighted by atomic mass is 35.5. The molecule has 138 valence electrons. The van der Waals surface area contributed by atoms with Crippen molar-refractivity contribution in [2.75, 3.05) is 0 Å². The van der Waals surface area contributed by atoms with E-state index in [0.717, 1.165) is 49.4 Å². The van der Waals surface area contributed by atoms with E-state index in [0.29, 0.717) is 0 Å². The Balaban J connectivity index is 1.73. The van der Waals surface area contributed by atoms with Crippen LogP contribution in [0.2, 0.25) is 5.02 Å². The first-order valence-electron chi connectivity index (χ1n) is 9.57. The minimum Gasteiger partial charge on any atom is -0.439 e. The Bertz CT molecular complexity index is 1490. The zero-order valence-corrected chi connectivity index (χ0v) is 16.2. The zero-order valence-electron chi connectivity index (χ0n) is 15.5. The van der Waals surface area contributed by atoms with Crippen LogP contribution in [0.15, 0.2) is 101 Å². The molecular formula is C26H16ClNO. The van der Waals surface area contributed by atoms with Crippen LogP contribution in [0.5, 0.6) is 0 Å². The third-order valence-electron chi connectivity index (χ3n) is 5.48. The van der Waals surface area contributed by atoms with Gasteiger partial charge in [-0.25, -0.2) is 0 Å². The molecule has 6 aromatic rings. The van der Waals surface area contributed by atoms with Crippen molar-refractivity contribution in [1.29, 1.82) is 0 Å². The first-order chi connectivity index (χ1) is 14.3. The molecule has 0 bridgehead atoms. The molecule has 0 unspecified atom stereocenters. The van der Waals surface area contributed by atoms with Crippen molar-refractivity contribution < 1.29 is 4.42 Å². The molecule has 0 saturated carbocycles. The maximum absolute atomic E-state index is 6.33. The van der Waals surface area contributed by atoms with Gasteiger partial charge in [0.05, 0.1) is 10.9 Å². The predicted octanol–water partition coefficient (Wildman–Crippen LogP) is 7.85. The molecule has 29 heavy (non-hydrogen) atoms. The fourth-order valence-corrected chi connectivity index (χ4v) is 4.27. The van der Waals surface area contributed by atoms with Crippen molar-refractivity contribution in [2.24, 2.45) is 0 Å². The highest BCUT2D eigenvalue weighted by molar-refractivity contribution is 6.30. The predicted molar refractivity (Wildman–Crippen MR) is 121 cm³/mol. The Labute approximate surface area is 172 Å². The summed E-state index contributed by atoms with van der Waals surface area (Å²) in [7, 11) is 0. The minimum absolute atomic E-state index is 0.742. The largest absolute Gasteiger partial charge is 0.439 e. The summed E-state index contributed by atoms with van der Waals surface area (Å²) < 4.78 is 8.54. The standard InChI is InChI=1S/C26H16ClNO/c27-19-13-10-17(11-14-19)18-12-15-21-23(16-18)28(20-6-2-1-3-7-20)26-25(21)22-8-4-5-9-24(22)29-26/h1-16H. The molecule has 3 heteroatoms. The van der Waals surface area contributed by atoms with Crippen LogP contribution in [-0.4, -0.2) is 4.57 Å². The van der Waals surface area contributed by atoms with Crippen molar-refractivity contribution in [1.82, 2.24) is 4.57 Å². The van der Waals surface area contributed by atoms with Crippen LogP contribution in [0.3, 0.4) is 0 Å². The molecular weight excluding hydrogens is 378 g/mol.